The van der Waals surface area contributed by atoms with Gasteiger partial charge in [-0.15, -0.1) is 0 Å². The highest BCUT2D eigenvalue weighted by atomic mass is 16.5. The van der Waals surface area contributed by atoms with E-state index < -0.39 is 0 Å². The molecule has 1 saturated heterocycles. The molecule has 0 aliphatic carbocycles. The van der Waals surface area contributed by atoms with Crippen molar-refractivity contribution in [3.8, 4) is 0 Å². The number of unbranched alkanes of at least 4 members (excludes halogenated alkanes) is 1. The summed E-state index contributed by atoms with van der Waals surface area (Å²) in [5.74, 6) is 0. The van der Waals surface area contributed by atoms with Crippen LogP contribution in [0.2, 0.25) is 0 Å². The van der Waals surface area contributed by atoms with E-state index in [0.717, 1.165) is 6.61 Å². The summed E-state index contributed by atoms with van der Waals surface area (Å²) in [5, 5.41) is 0. The van der Waals surface area contributed by atoms with Gasteiger partial charge in [0.25, 0.3) is 0 Å². The Morgan fingerprint density at radius 3 is 2.81 bits per heavy atom. The quantitative estimate of drug-likeness (QED) is 0.623. The molecule has 0 amide bonds. The van der Waals surface area contributed by atoms with Gasteiger partial charge in [0.1, 0.15) is 0 Å². The number of ether oxygens (including phenoxy) is 1. The molecule has 1 rings (SSSR count). The van der Waals surface area contributed by atoms with Crippen molar-refractivity contribution >= 4 is 0 Å². The number of allylic oxidation sites excluding steroid dienone is 5. The molecule has 1 nitrogen and oxygen atoms in total. The highest BCUT2D eigenvalue weighted by Crippen LogP contribution is 2.19. The maximum Gasteiger partial charge on any atom is 0.0785 e. The molecule has 0 saturated carbocycles. The van der Waals surface area contributed by atoms with Gasteiger partial charge in [-0.05, 0) is 38.2 Å². The number of hydrogen-bond acceptors (Lipinski definition) is 1. The summed E-state index contributed by atoms with van der Waals surface area (Å²) in [6.45, 7) is 5.28. The second-order valence-corrected chi connectivity index (χ2v) is 4.37. The Balaban J connectivity index is 2.31. The minimum absolute atomic E-state index is 0.359. The van der Waals surface area contributed by atoms with Crippen LogP contribution in [-0.2, 0) is 4.74 Å². The molecule has 1 unspecified atom stereocenters. The Morgan fingerprint density at radius 1 is 1.25 bits per heavy atom. The first-order valence-electron chi connectivity index (χ1n) is 6.46. The zero-order valence-electron chi connectivity index (χ0n) is 10.6. The summed E-state index contributed by atoms with van der Waals surface area (Å²) >= 11 is 0. The fraction of sp³-hybridized carbons (Fsp3) is 0.600. The van der Waals surface area contributed by atoms with Crippen molar-refractivity contribution in [2.75, 3.05) is 6.61 Å². The predicted octanol–water partition coefficient (Wildman–Crippen LogP) is 4.41. The third kappa shape index (κ3) is 5.32. The van der Waals surface area contributed by atoms with E-state index >= 15 is 0 Å². The van der Waals surface area contributed by atoms with Gasteiger partial charge in [0.15, 0.2) is 0 Å². The van der Waals surface area contributed by atoms with Gasteiger partial charge in [-0.2, -0.15) is 0 Å². The van der Waals surface area contributed by atoms with Crippen molar-refractivity contribution in [2.45, 2.75) is 52.1 Å². The first kappa shape index (κ1) is 13.2. The van der Waals surface area contributed by atoms with Crippen LogP contribution < -0.4 is 0 Å². The lowest BCUT2D eigenvalue weighted by Gasteiger charge is -2.23. The molecule has 0 aromatic heterocycles. The average molecular weight is 220 g/mol. The average Bonchev–Trinajstić information content (AvgIpc) is 2.34. The minimum atomic E-state index is 0.359. The summed E-state index contributed by atoms with van der Waals surface area (Å²) in [4.78, 5) is 0. The first-order valence-corrected chi connectivity index (χ1v) is 6.46. The fourth-order valence-electron chi connectivity index (χ4n) is 1.82. The van der Waals surface area contributed by atoms with Gasteiger partial charge in [-0.1, -0.05) is 43.7 Å². The van der Waals surface area contributed by atoms with Crippen LogP contribution in [0.5, 0.6) is 0 Å². The molecule has 1 aliphatic heterocycles. The Labute approximate surface area is 99.9 Å². The molecular formula is C15H24O. The monoisotopic (exact) mass is 220 g/mol. The van der Waals surface area contributed by atoms with Crippen LogP contribution in [0.1, 0.15) is 46.0 Å². The molecule has 0 aromatic rings. The Kier molecular flexibility index (Phi) is 6.91. The van der Waals surface area contributed by atoms with E-state index in [4.69, 9.17) is 4.74 Å². The van der Waals surface area contributed by atoms with E-state index in [0.29, 0.717) is 6.10 Å². The third-order valence-corrected chi connectivity index (χ3v) is 2.86. The molecule has 90 valence electrons. The third-order valence-electron chi connectivity index (χ3n) is 2.86. The van der Waals surface area contributed by atoms with Gasteiger partial charge in [0.2, 0.25) is 0 Å². The molecule has 1 fully saturated rings. The SMILES string of the molecule is CCCC=CC=CC=C(C)C1CCCCO1. The molecular weight excluding hydrogens is 196 g/mol. The lowest BCUT2D eigenvalue weighted by molar-refractivity contribution is 0.0394. The molecule has 1 aliphatic rings. The maximum atomic E-state index is 5.72. The lowest BCUT2D eigenvalue weighted by Crippen LogP contribution is -2.19. The van der Waals surface area contributed by atoms with E-state index in [1.807, 2.05) is 0 Å². The molecule has 0 spiro atoms. The van der Waals surface area contributed by atoms with Crippen LogP contribution in [0.4, 0.5) is 0 Å². The molecule has 0 aromatic carbocycles. The second-order valence-electron chi connectivity index (χ2n) is 4.37. The number of hydrogen-bond donors (Lipinski definition) is 0. The molecule has 16 heavy (non-hydrogen) atoms. The van der Waals surface area contributed by atoms with Crippen molar-refractivity contribution < 1.29 is 4.74 Å². The summed E-state index contributed by atoms with van der Waals surface area (Å²) in [6, 6.07) is 0. The first-order chi connectivity index (χ1) is 7.84. The van der Waals surface area contributed by atoms with E-state index in [-0.39, 0.29) is 0 Å². The summed E-state index contributed by atoms with van der Waals surface area (Å²) in [6.07, 6.45) is 17.2. The fourth-order valence-corrected chi connectivity index (χ4v) is 1.82. The van der Waals surface area contributed by atoms with Crippen molar-refractivity contribution in [1.82, 2.24) is 0 Å². The van der Waals surface area contributed by atoms with E-state index in [1.54, 1.807) is 0 Å². The smallest absolute Gasteiger partial charge is 0.0785 e. The molecule has 0 bridgehead atoms. The molecule has 0 radical (unpaired) electrons. The summed E-state index contributed by atoms with van der Waals surface area (Å²) in [5.41, 5.74) is 1.35. The summed E-state index contributed by atoms with van der Waals surface area (Å²) in [7, 11) is 0. The Bertz CT molecular complexity index is 255. The zero-order chi connectivity index (χ0) is 11.6. The van der Waals surface area contributed by atoms with Gasteiger partial charge < -0.3 is 4.74 Å². The minimum Gasteiger partial charge on any atom is -0.374 e. The van der Waals surface area contributed by atoms with Crippen molar-refractivity contribution in [2.24, 2.45) is 0 Å². The topological polar surface area (TPSA) is 9.23 Å². The van der Waals surface area contributed by atoms with Gasteiger partial charge in [0, 0.05) is 6.61 Å². The van der Waals surface area contributed by atoms with E-state index in [9.17, 15) is 0 Å². The van der Waals surface area contributed by atoms with Gasteiger partial charge >= 0.3 is 0 Å². The lowest BCUT2D eigenvalue weighted by atomic mass is 10.0. The summed E-state index contributed by atoms with van der Waals surface area (Å²) < 4.78 is 5.72. The van der Waals surface area contributed by atoms with Gasteiger partial charge in [-0.25, -0.2) is 0 Å². The normalized spacial score (nSPS) is 23.4. The second kappa shape index (κ2) is 8.35. The maximum absolute atomic E-state index is 5.72. The van der Waals surface area contributed by atoms with Crippen LogP contribution in [0.3, 0.4) is 0 Å². The molecule has 1 heterocycles. The molecule has 1 heteroatoms. The van der Waals surface area contributed by atoms with Crippen LogP contribution in [0.15, 0.2) is 36.0 Å². The van der Waals surface area contributed by atoms with Crippen molar-refractivity contribution in [3.63, 3.8) is 0 Å². The molecule has 0 N–H and O–H groups in total. The van der Waals surface area contributed by atoms with Crippen LogP contribution in [0.25, 0.3) is 0 Å². The Hall–Kier alpha value is -0.820. The standard InChI is InChI=1S/C15H24O/c1-3-4-5-6-7-8-11-14(2)15-12-9-10-13-16-15/h5-8,11,15H,3-4,9-10,12-13H2,1-2H3. The van der Waals surface area contributed by atoms with E-state index in [2.05, 4.69) is 44.2 Å². The largest absolute Gasteiger partial charge is 0.374 e. The zero-order valence-corrected chi connectivity index (χ0v) is 10.6. The predicted molar refractivity (Wildman–Crippen MR) is 70.5 cm³/mol. The van der Waals surface area contributed by atoms with Gasteiger partial charge in [0.05, 0.1) is 6.10 Å². The van der Waals surface area contributed by atoms with E-state index in [1.165, 1.54) is 37.7 Å². The van der Waals surface area contributed by atoms with Gasteiger partial charge in [-0.3, -0.25) is 0 Å². The highest BCUT2D eigenvalue weighted by Gasteiger charge is 2.14. The van der Waals surface area contributed by atoms with Crippen LogP contribution in [-0.4, -0.2) is 12.7 Å². The van der Waals surface area contributed by atoms with Crippen molar-refractivity contribution in [3.05, 3.63) is 36.0 Å². The van der Waals surface area contributed by atoms with Crippen LogP contribution in [0, 0.1) is 0 Å². The Morgan fingerprint density at radius 2 is 2.12 bits per heavy atom. The number of rotatable bonds is 5. The van der Waals surface area contributed by atoms with Crippen molar-refractivity contribution in [1.29, 1.82) is 0 Å². The highest BCUT2D eigenvalue weighted by molar-refractivity contribution is 5.18. The molecule has 1 atom stereocenters. The van der Waals surface area contributed by atoms with Crippen LogP contribution >= 0.6 is 0 Å².